The highest BCUT2D eigenvalue weighted by Crippen LogP contribution is 2.24. The molecule has 0 aromatic carbocycles. The van der Waals surface area contributed by atoms with Gasteiger partial charge in [-0.25, -0.2) is 0 Å². The maximum Gasteiger partial charge on any atom is 0.191 e. The molecule has 1 fully saturated rings. The first-order valence-corrected chi connectivity index (χ1v) is 8.71. The third-order valence-corrected chi connectivity index (χ3v) is 4.31. The summed E-state index contributed by atoms with van der Waals surface area (Å²) in [6.07, 6.45) is 5.42. The van der Waals surface area contributed by atoms with Gasteiger partial charge in [-0.15, -0.1) is 0 Å². The van der Waals surface area contributed by atoms with Gasteiger partial charge in [0.25, 0.3) is 0 Å². The minimum atomic E-state index is 0.272. The Balaban J connectivity index is 1.86. The monoisotopic (exact) mass is 320 g/mol. The Hall–Kier alpha value is -1.49. The molecule has 5 nitrogen and oxygen atoms in total. The van der Waals surface area contributed by atoms with Gasteiger partial charge in [-0.1, -0.05) is 20.8 Å². The van der Waals surface area contributed by atoms with E-state index >= 15 is 0 Å². The van der Waals surface area contributed by atoms with Crippen LogP contribution >= 0.6 is 0 Å². The van der Waals surface area contributed by atoms with E-state index in [1.54, 1.807) is 6.26 Å². The van der Waals surface area contributed by atoms with E-state index in [0.29, 0.717) is 5.41 Å². The quantitative estimate of drug-likeness (QED) is 0.625. The van der Waals surface area contributed by atoms with Gasteiger partial charge in [0.1, 0.15) is 5.76 Å². The van der Waals surface area contributed by atoms with Gasteiger partial charge in [-0.3, -0.25) is 9.89 Å². The Bertz CT molecular complexity index is 470. The number of hydrogen-bond acceptors (Lipinski definition) is 3. The van der Waals surface area contributed by atoms with Crippen molar-refractivity contribution in [2.75, 3.05) is 33.2 Å². The lowest BCUT2D eigenvalue weighted by molar-refractivity contribution is 0.215. The van der Waals surface area contributed by atoms with Crippen molar-refractivity contribution in [2.24, 2.45) is 10.4 Å². The average Bonchev–Trinajstić information content (AvgIpc) is 3.18. The second kappa shape index (κ2) is 8.39. The Kier molecular flexibility index (Phi) is 6.51. The molecular formula is C18H32N4O. The van der Waals surface area contributed by atoms with Crippen LogP contribution < -0.4 is 10.6 Å². The van der Waals surface area contributed by atoms with E-state index < -0.39 is 0 Å². The standard InChI is InChI=1S/C18H32N4O/c1-18(2,3)9-10-20-17(19-4)21-14-15(16-8-7-13-23-16)22-11-5-6-12-22/h7-8,13,15H,5-6,9-12,14H2,1-4H3,(H2,19,20,21). The number of rotatable bonds is 6. The van der Waals surface area contributed by atoms with Crippen LogP contribution in [0.5, 0.6) is 0 Å². The highest BCUT2D eigenvalue weighted by atomic mass is 16.3. The zero-order valence-electron chi connectivity index (χ0n) is 15.1. The molecule has 1 atom stereocenters. The molecule has 2 N–H and O–H groups in total. The molecule has 1 aromatic heterocycles. The summed E-state index contributed by atoms with van der Waals surface area (Å²) in [7, 11) is 1.82. The van der Waals surface area contributed by atoms with Crippen molar-refractivity contribution >= 4 is 5.96 Å². The summed E-state index contributed by atoms with van der Waals surface area (Å²) < 4.78 is 5.66. The summed E-state index contributed by atoms with van der Waals surface area (Å²) in [6, 6.07) is 4.31. The maximum atomic E-state index is 5.66. The molecule has 2 heterocycles. The lowest BCUT2D eigenvalue weighted by Gasteiger charge is -2.27. The maximum absolute atomic E-state index is 5.66. The van der Waals surface area contributed by atoms with Crippen LogP contribution in [0.1, 0.15) is 51.8 Å². The molecule has 130 valence electrons. The second-order valence-corrected chi connectivity index (χ2v) is 7.46. The van der Waals surface area contributed by atoms with Gasteiger partial charge in [0.2, 0.25) is 0 Å². The average molecular weight is 320 g/mol. The van der Waals surface area contributed by atoms with Crippen LogP contribution in [-0.4, -0.2) is 44.1 Å². The van der Waals surface area contributed by atoms with Crippen LogP contribution in [0, 0.1) is 5.41 Å². The predicted molar refractivity (Wildman–Crippen MR) is 95.7 cm³/mol. The van der Waals surface area contributed by atoms with E-state index in [2.05, 4.69) is 47.4 Å². The normalized spacial score (nSPS) is 18.2. The predicted octanol–water partition coefficient (Wildman–Crippen LogP) is 3.02. The van der Waals surface area contributed by atoms with Gasteiger partial charge in [0.15, 0.2) is 5.96 Å². The highest BCUT2D eigenvalue weighted by Gasteiger charge is 2.25. The van der Waals surface area contributed by atoms with Crippen LogP contribution in [0.15, 0.2) is 27.8 Å². The van der Waals surface area contributed by atoms with E-state index in [1.807, 2.05) is 13.1 Å². The molecule has 23 heavy (non-hydrogen) atoms. The number of furan rings is 1. The van der Waals surface area contributed by atoms with Gasteiger partial charge in [-0.2, -0.15) is 0 Å². The van der Waals surface area contributed by atoms with E-state index in [-0.39, 0.29) is 6.04 Å². The van der Waals surface area contributed by atoms with Crippen LogP contribution in [0.25, 0.3) is 0 Å². The molecule has 1 aliphatic rings. The minimum absolute atomic E-state index is 0.272. The fourth-order valence-corrected chi connectivity index (χ4v) is 2.91. The Morgan fingerprint density at radius 2 is 2.04 bits per heavy atom. The van der Waals surface area contributed by atoms with Gasteiger partial charge >= 0.3 is 0 Å². The van der Waals surface area contributed by atoms with Crippen molar-refractivity contribution < 1.29 is 4.42 Å². The second-order valence-electron chi connectivity index (χ2n) is 7.46. The molecule has 0 spiro atoms. The summed E-state index contributed by atoms with van der Waals surface area (Å²) in [6.45, 7) is 10.8. The molecule has 1 saturated heterocycles. The van der Waals surface area contributed by atoms with Crippen LogP contribution in [0.4, 0.5) is 0 Å². The van der Waals surface area contributed by atoms with Crippen molar-refractivity contribution in [1.29, 1.82) is 0 Å². The molecule has 1 aliphatic heterocycles. The van der Waals surface area contributed by atoms with Crippen molar-refractivity contribution in [2.45, 2.75) is 46.1 Å². The van der Waals surface area contributed by atoms with Crippen molar-refractivity contribution in [3.8, 4) is 0 Å². The number of guanidine groups is 1. The van der Waals surface area contributed by atoms with Crippen LogP contribution in [-0.2, 0) is 0 Å². The summed E-state index contributed by atoms with van der Waals surface area (Å²) in [5.74, 6) is 1.90. The lowest BCUT2D eigenvalue weighted by Crippen LogP contribution is -2.43. The first-order chi connectivity index (χ1) is 11.0. The fraction of sp³-hybridized carbons (Fsp3) is 0.722. The van der Waals surface area contributed by atoms with Gasteiger partial charge in [0.05, 0.1) is 12.3 Å². The van der Waals surface area contributed by atoms with E-state index in [0.717, 1.165) is 44.3 Å². The van der Waals surface area contributed by atoms with Gasteiger partial charge in [-0.05, 0) is 49.9 Å². The molecule has 2 rings (SSSR count). The fourth-order valence-electron chi connectivity index (χ4n) is 2.91. The van der Waals surface area contributed by atoms with Crippen LogP contribution in [0.2, 0.25) is 0 Å². The summed E-state index contributed by atoms with van der Waals surface area (Å²) in [5.41, 5.74) is 0.331. The van der Waals surface area contributed by atoms with E-state index in [9.17, 15) is 0 Å². The molecule has 1 unspecified atom stereocenters. The molecule has 0 saturated carbocycles. The van der Waals surface area contributed by atoms with E-state index in [4.69, 9.17) is 4.42 Å². The highest BCUT2D eigenvalue weighted by molar-refractivity contribution is 5.79. The zero-order chi connectivity index (χ0) is 16.7. The SMILES string of the molecule is CN=C(NCCC(C)(C)C)NCC(c1ccco1)N1CCCC1. The molecule has 0 amide bonds. The van der Waals surface area contributed by atoms with Crippen LogP contribution in [0.3, 0.4) is 0 Å². The van der Waals surface area contributed by atoms with Gasteiger partial charge in [0, 0.05) is 20.1 Å². The van der Waals surface area contributed by atoms with Crippen molar-refractivity contribution in [1.82, 2.24) is 15.5 Å². The lowest BCUT2D eigenvalue weighted by atomic mass is 9.92. The summed E-state index contributed by atoms with van der Waals surface area (Å²) in [5, 5.41) is 6.87. The summed E-state index contributed by atoms with van der Waals surface area (Å²) >= 11 is 0. The molecular weight excluding hydrogens is 288 g/mol. The molecule has 0 bridgehead atoms. The first-order valence-electron chi connectivity index (χ1n) is 8.71. The number of hydrogen-bond donors (Lipinski definition) is 2. The smallest absolute Gasteiger partial charge is 0.191 e. The number of likely N-dealkylation sites (tertiary alicyclic amines) is 1. The third kappa shape index (κ3) is 5.90. The number of nitrogens with one attached hydrogen (secondary N) is 2. The Morgan fingerprint density at radius 3 is 2.61 bits per heavy atom. The Labute approximate surface area is 140 Å². The molecule has 5 heteroatoms. The third-order valence-electron chi connectivity index (χ3n) is 4.31. The number of nitrogens with zero attached hydrogens (tertiary/aromatic N) is 2. The topological polar surface area (TPSA) is 52.8 Å². The number of aliphatic imine (C=N–C) groups is 1. The minimum Gasteiger partial charge on any atom is -0.468 e. The first kappa shape index (κ1) is 17.9. The van der Waals surface area contributed by atoms with E-state index in [1.165, 1.54) is 12.8 Å². The Morgan fingerprint density at radius 1 is 1.30 bits per heavy atom. The summed E-state index contributed by atoms with van der Waals surface area (Å²) in [4.78, 5) is 6.83. The largest absolute Gasteiger partial charge is 0.468 e. The van der Waals surface area contributed by atoms with Crippen molar-refractivity contribution in [3.05, 3.63) is 24.2 Å². The zero-order valence-corrected chi connectivity index (χ0v) is 15.1. The van der Waals surface area contributed by atoms with Gasteiger partial charge < -0.3 is 15.1 Å². The molecule has 0 radical (unpaired) electrons. The molecule has 1 aromatic rings. The molecule has 0 aliphatic carbocycles. The van der Waals surface area contributed by atoms with Crippen molar-refractivity contribution in [3.63, 3.8) is 0 Å².